The summed E-state index contributed by atoms with van der Waals surface area (Å²) in [7, 11) is 0. The zero-order valence-corrected chi connectivity index (χ0v) is 12.4. The van der Waals surface area contributed by atoms with Crippen LogP contribution in [-0.2, 0) is 9.59 Å². The van der Waals surface area contributed by atoms with Crippen LogP contribution in [-0.4, -0.2) is 60.9 Å². The minimum absolute atomic E-state index is 0.0939. The SMILES string of the molecule is O=C(CN1CCCCCC1)NCCN1CCCCC1=O. The number of nitrogens with zero attached hydrogens (tertiary/aromatic N) is 2. The molecule has 0 atom stereocenters. The summed E-state index contributed by atoms with van der Waals surface area (Å²) < 4.78 is 0. The minimum Gasteiger partial charge on any atom is -0.353 e. The van der Waals surface area contributed by atoms with Crippen LogP contribution in [0.4, 0.5) is 0 Å². The summed E-state index contributed by atoms with van der Waals surface area (Å²) in [5.74, 6) is 0.328. The second kappa shape index (κ2) is 8.25. The number of hydrogen-bond donors (Lipinski definition) is 1. The van der Waals surface area contributed by atoms with Crippen molar-refractivity contribution in [2.24, 2.45) is 0 Å². The van der Waals surface area contributed by atoms with Crippen molar-refractivity contribution >= 4 is 11.8 Å². The van der Waals surface area contributed by atoms with Crippen molar-refractivity contribution in [2.75, 3.05) is 39.3 Å². The van der Waals surface area contributed by atoms with Crippen molar-refractivity contribution in [3.63, 3.8) is 0 Å². The molecule has 0 radical (unpaired) electrons. The van der Waals surface area contributed by atoms with E-state index in [-0.39, 0.29) is 11.8 Å². The largest absolute Gasteiger partial charge is 0.353 e. The highest BCUT2D eigenvalue weighted by Crippen LogP contribution is 2.10. The normalized spacial score (nSPS) is 21.6. The van der Waals surface area contributed by atoms with Crippen molar-refractivity contribution < 1.29 is 9.59 Å². The van der Waals surface area contributed by atoms with Crippen molar-refractivity contribution in [2.45, 2.75) is 44.9 Å². The Morgan fingerprint density at radius 2 is 1.70 bits per heavy atom. The van der Waals surface area contributed by atoms with Crippen molar-refractivity contribution in [3.05, 3.63) is 0 Å². The quantitative estimate of drug-likeness (QED) is 0.817. The van der Waals surface area contributed by atoms with Gasteiger partial charge in [-0.15, -0.1) is 0 Å². The molecule has 0 aliphatic carbocycles. The molecule has 2 rings (SSSR count). The average molecular weight is 281 g/mol. The average Bonchev–Trinajstić information content (AvgIpc) is 2.69. The van der Waals surface area contributed by atoms with Crippen LogP contribution < -0.4 is 5.32 Å². The van der Waals surface area contributed by atoms with Gasteiger partial charge in [0.25, 0.3) is 0 Å². The van der Waals surface area contributed by atoms with E-state index in [0.29, 0.717) is 26.1 Å². The van der Waals surface area contributed by atoms with E-state index in [9.17, 15) is 9.59 Å². The molecule has 1 N–H and O–H groups in total. The van der Waals surface area contributed by atoms with E-state index in [1.165, 1.54) is 25.7 Å². The van der Waals surface area contributed by atoms with Gasteiger partial charge >= 0.3 is 0 Å². The van der Waals surface area contributed by atoms with Gasteiger partial charge in [0.05, 0.1) is 6.54 Å². The van der Waals surface area contributed by atoms with E-state index < -0.39 is 0 Å². The fraction of sp³-hybridized carbons (Fsp3) is 0.867. The van der Waals surface area contributed by atoms with Crippen molar-refractivity contribution in [1.82, 2.24) is 15.1 Å². The van der Waals surface area contributed by atoms with Crippen LogP contribution >= 0.6 is 0 Å². The first-order chi connectivity index (χ1) is 9.75. The summed E-state index contributed by atoms with van der Waals surface area (Å²) in [6.45, 7) is 4.67. The summed E-state index contributed by atoms with van der Waals surface area (Å²) in [5, 5.41) is 2.94. The van der Waals surface area contributed by atoms with Crippen LogP contribution in [0.5, 0.6) is 0 Å². The van der Waals surface area contributed by atoms with Gasteiger partial charge < -0.3 is 10.2 Å². The standard InChI is InChI=1S/C15H27N3O2/c19-14(13-17-9-4-1-2-5-10-17)16-8-12-18-11-6-3-7-15(18)20/h1-13H2,(H,16,19). The van der Waals surface area contributed by atoms with E-state index in [1.807, 2.05) is 4.90 Å². The smallest absolute Gasteiger partial charge is 0.234 e. The molecule has 2 amide bonds. The Kier molecular flexibility index (Phi) is 6.30. The third-order valence-corrected chi connectivity index (χ3v) is 4.19. The lowest BCUT2D eigenvalue weighted by molar-refractivity contribution is -0.133. The Morgan fingerprint density at radius 1 is 1.00 bits per heavy atom. The molecule has 20 heavy (non-hydrogen) atoms. The molecule has 0 unspecified atom stereocenters. The highest BCUT2D eigenvalue weighted by Gasteiger charge is 2.18. The molecule has 5 heteroatoms. The fourth-order valence-electron chi connectivity index (χ4n) is 2.98. The highest BCUT2D eigenvalue weighted by atomic mass is 16.2. The van der Waals surface area contributed by atoms with Gasteiger partial charge in [0.15, 0.2) is 0 Å². The lowest BCUT2D eigenvalue weighted by Gasteiger charge is -2.27. The lowest BCUT2D eigenvalue weighted by atomic mass is 10.1. The Morgan fingerprint density at radius 3 is 2.40 bits per heavy atom. The van der Waals surface area contributed by atoms with Gasteiger partial charge in [0.1, 0.15) is 0 Å². The Balaban J connectivity index is 1.60. The molecule has 2 aliphatic rings. The molecule has 2 heterocycles. The molecule has 114 valence electrons. The first-order valence-electron chi connectivity index (χ1n) is 8.02. The van der Waals surface area contributed by atoms with Gasteiger partial charge in [-0.25, -0.2) is 0 Å². The second-order valence-electron chi connectivity index (χ2n) is 5.88. The first kappa shape index (κ1) is 15.3. The van der Waals surface area contributed by atoms with Crippen molar-refractivity contribution in [3.8, 4) is 0 Å². The molecular formula is C15H27N3O2. The molecule has 0 spiro atoms. The third kappa shape index (κ3) is 5.12. The zero-order chi connectivity index (χ0) is 14.2. The van der Waals surface area contributed by atoms with Gasteiger partial charge in [0, 0.05) is 26.1 Å². The van der Waals surface area contributed by atoms with Crippen LogP contribution in [0.2, 0.25) is 0 Å². The van der Waals surface area contributed by atoms with Crippen LogP contribution in [0.1, 0.15) is 44.9 Å². The van der Waals surface area contributed by atoms with Crippen LogP contribution in [0, 0.1) is 0 Å². The fourth-order valence-corrected chi connectivity index (χ4v) is 2.98. The molecular weight excluding hydrogens is 254 g/mol. The Hall–Kier alpha value is -1.10. The Labute approximate surface area is 121 Å². The van der Waals surface area contributed by atoms with E-state index >= 15 is 0 Å². The molecule has 0 aromatic rings. The predicted molar refractivity (Wildman–Crippen MR) is 78.3 cm³/mol. The summed E-state index contributed by atoms with van der Waals surface area (Å²) in [5.41, 5.74) is 0. The molecule has 2 fully saturated rings. The number of carbonyl (C=O) groups is 2. The minimum atomic E-state index is 0.0939. The van der Waals surface area contributed by atoms with Gasteiger partial charge in [0.2, 0.25) is 11.8 Å². The monoisotopic (exact) mass is 281 g/mol. The van der Waals surface area contributed by atoms with E-state index in [0.717, 1.165) is 32.5 Å². The number of rotatable bonds is 5. The van der Waals surface area contributed by atoms with E-state index in [2.05, 4.69) is 10.2 Å². The topological polar surface area (TPSA) is 52.7 Å². The van der Waals surface area contributed by atoms with Gasteiger partial charge in [-0.05, 0) is 38.8 Å². The maximum Gasteiger partial charge on any atom is 0.234 e. The number of amides is 2. The highest BCUT2D eigenvalue weighted by molar-refractivity contribution is 5.78. The molecule has 0 saturated carbocycles. The maximum absolute atomic E-state index is 11.9. The summed E-state index contributed by atoms with van der Waals surface area (Å²) in [6.07, 6.45) is 7.75. The van der Waals surface area contributed by atoms with Crippen LogP contribution in [0.25, 0.3) is 0 Å². The molecule has 0 aromatic carbocycles. The summed E-state index contributed by atoms with van der Waals surface area (Å²) in [4.78, 5) is 27.6. The summed E-state index contributed by atoms with van der Waals surface area (Å²) >= 11 is 0. The molecule has 2 saturated heterocycles. The summed E-state index contributed by atoms with van der Waals surface area (Å²) in [6, 6.07) is 0. The van der Waals surface area contributed by atoms with Gasteiger partial charge in [-0.1, -0.05) is 12.8 Å². The Bertz CT molecular complexity index is 325. The zero-order valence-electron chi connectivity index (χ0n) is 12.4. The van der Waals surface area contributed by atoms with Gasteiger partial charge in [-0.2, -0.15) is 0 Å². The first-order valence-corrected chi connectivity index (χ1v) is 8.02. The number of hydrogen-bond acceptors (Lipinski definition) is 3. The number of piperidine rings is 1. The maximum atomic E-state index is 11.9. The number of likely N-dealkylation sites (tertiary alicyclic amines) is 2. The van der Waals surface area contributed by atoms with E-state index in [4.69, 9.17) is 0 Å². The number of nitrogens with one attached hydrogen (secondary N) is 1. The molecule has 0 bridgehead atoms. The second-order valence-corrected chi connectivity index (χ2v) is 5.88. The van der Waals surface area contributed by atoms with Crippen LogP contribution in [0.3, 0.4) is 0 Å². The van der Waals surface area contributed by atoms with Crippen LogP contribution in [0.15, 0.2) is 0 Å². The van der Waals surface area contributed by atoms with Gasteiger partial charge in [-0.3, -0.25) is 14.5 Å². The number of carbonyl (C=O) groups excluding carboxylic acids is 2. The van der Waals surface area contributed by atoms with Crippen molar-refractivity contribution in [1.29, 1.82) is 0 Å². The third-order valence-electron chi connectivity index (χ3n) is 4.19. The van der Waals surface area contributed by atoms with E-state index in [1.54, 1.807) is 0 Å². The molecule has 5 nitrogen and oxygen atoms in total. The lowest BCUT2D eigenvalue weighted by Crippen LogP contribution is -2.43. The predicted octanol–water partition coefficient (Wildman–Crippen LogP) is 0.991. The molecule has 0 aromatic heterocycles. The molecule has 2 aliphatic heterocycles.